The number of benzene rings is 1. The van der Waals surface area contributed by atoms with E-state index in [9.17, 15) is 0 Å². The molecule has 1 atom stereocenters. The monoisotopic (exact) mass is 308 g/mol. The summed E-state index contributed by atoms with van der Waals surface area (Å²) in [5.74, 6) is 0. The molecule has 1 unspecified atom stereocenters. The number of likely N-dealkylation sites (N-methyl/N-ethyl adjacent to an activating group) is 1. The molecule has 0 saturated carbocycles. The average Bonchev–Trinajstić information content (AvgIpc) is 2.93. The Morgan fingerprint density at radius 2 is 2.10 bits per heavy atom. The van der Waals surface area contributed by atoms with Crippen molar-refractivity contribution in [1.29, 1.82) is 0 Å². The fourth-order valence-corrected chi connectivity index (χ4v) is 3.45. The minimum Gasteiger partial charge on any atom is -0.371 e. The molecule has 1 aromatic carbocycles. The van der Waals surface area contributed by atoms with Crippen LogP contribution in [0.1, 0.15) is 17.4 Å². The van der Waals surface area contributed by atoms with Crippen LogP contribution in [0.15, 0.2) is 35.7 Å². The third-order valence-electron chi connectivity index (χ3n) is 3.61. The van der Waals surface area contributed by atoms with Crippen LogP contribution in [0.25, 0.3) is 0 Å². The summed E-state index contributed by atoms with van der Waals surface area (Å²) in [4.78, 5) is 3.71. The summed E-state index contributed by atoms with van der Waals surface area (Å²) in [6.07, 6.45) is 1.85. The maximum atomic E-state index is 6.32. The largest absolute Gasteiger partial charge is 0.371 e. The second kappa shape index (κ2) is 7.11. The van der Waals surface area contributed by atoms with Crippen molar-refractivity contribution in [3.63, 3.8) is 0 Å². The smallest absolute Gasteiger partial charge is 0.0459 e. The first kappa shape index (κ1) is 15.4. The van der Waals surface area contributed by atoms with Crippen molar-refractivity contribution in [3.8, 4) is 0 Å². The zero-order chi connectivity index (χ0) is 14.5. The molecule has 0 aliphatic rings. The zero-order valence-electron chi connectivity index (χ0n) is 12.0. The normalized spacial score (nSPS) is 12.4. The molecule has 108 valence electrons. The van der Waals surface area contributed by atoms with Crippen LogP contribution in [-0.2, 0) is 12.8 Å². The van der Waals surface area contributed by atoms with Crippen LogP contribution < -0.4 is 10.6 Å². The summed E-state index contributed by atoms with van der Waals surface area (Å²) >= 11 is 8.13. The number of hydrogen-bond acceptors (Lipinski definition) is 3. The quantitative estimate of drug-likeness (QED) is 0.875. The average molecular weight is 309 g/mol. The van der Waals surface area contributed by atoms with Crippen LogP contribution in [0.3, 0.4) is 0 Å². The Labute approximate surface area is 130 Å². The third kappa shape index (κ3) is 3.54. The van der Waals surface area contributed by atoms with Gasteiger partial charge in [-0.3, -0.25) is 0 Å². The fraction of sp³-hybridized carbons (Fsp3) is 0.375. The summed E-state index contributed by atoms with van der Waals surface area (Å²) in [6.45, 7) is 2.86. The molecule has 0 spiro atoms. The highest BCUT2D eigenvalue weighted by Crippen LogP contribution is 2.29. The Kier molecular flexibility index (Phi) is 5.46. The molecule has 0 aliphatic carbocycles. The van der Waals surface area contributed by atoms with Crippen LogP contribution in [0.2, 0.25) is 5.02 Å². The molecule has 0 radical (unpaired) electrons. The van der Waals surface area contributed by atoms with Crippen LogP contribution >= 0.6 is 22.9 Å². The van der Waals surface area contributed by atoms with Crippen molar-refractivity contribution in [3.05, 3.63) is 51.2 Å². The van der Waals surface area contributed by atoms with E-state index in [0.29, 0.717) is 12.6 Å². The Bertz CT molecular complexity index is 539. The number of nitrogens with two attached hydrogens (primary N) is 1. The Balaban J connectivity index is 2.19. The third-order valence-corrected chi connectivity index (χ3v) is 4.86. The van der Waals surface area contributed by atoms with E-state index in [0.717, 1.165) is 23.4 Å². The van der Waals surface area contributed by atoms with Gasteiger partial charge >= 0.3 is 0 Å². The molecule has 1 heterocycles. The van der Waals surface area contributed by atoms with Crippen molar-refractivity contribution < 1.29 is 0 Å². The minimum absolute atomic E-state index is 0.420. The van der Waals surface area contributed by atoms with Gasteiger partial charge in [-0.25, -0.2) is 0 Å². The lowest BCUT2D eigenvalue weighted by atomic mass is 10.1. The van der Waals surface area contributed by atoms with Gasteiger partial charge in [0.2, 0.25) is 0 Å². The lowest BCUT2D eigenvalue weighted by molar-refractivity contribution is 0.685. The molecule has 0 bridgehead atoms. The van der Waals surface area contributed by atoms with Gasteiger partial charge in [-0.1, -0.05) is 23.7 Å². The van der Waals surface area contributed by atoms with E-state index in [4.69, 9.17) is 17.3 Å². The van der Waals surface area contributed by atoms with Gasteiger partial charge in [-0.15, -0.1) is 11.3 Å². The van der Waals surface area contributed by atoms with Crippen molar-refractivity contribution >= 4 is 28.6 Å². The molecule has 2 aromatic rings. The summed E-state index contributed by atoms with van der Waals surface area (Å²) in [7, 11) is 2.13. The molecule has 2 nitrogen and oxygen atoms in total. The first-order valence-corrected chi connectivity index (χ1v) is 8.12. The van der Waals surface area contributed by atoms with Gasteiger partial charge in [0, 0.05) is 35.1 Å². The predicted octanol–water partition coefficient (Wildman–Crippen LogP) is 3.97. The van der Waals surface area contributed by atoms with Crippen molar-refractivity contribution in [2.24, 2.45) is 5.73 Å². The molecule has 20 heavy (non-hydrogen) atoms. The van der Waals surface area contributed by atoms with E-state index in [2.05, 4.69) is 42.5 Å². The number of halogens is 1. The standard InChI is InChI=1S/C16H21ClN2S/c1-12(11-13-5-4-10-20-13)19(2)16-7-3-6-15(17)14(16)8-9-18/h3-7,10,12H,8-9,11,18H2,1-2H3. The number of hydrogen-bond donors (Lipinski definition) is 1. The van der Waals surface area contributed by atoms with Gasteiger partial charge in [0.1, 0.15) is 0 Å². The molecule has 0 fully saturated rings. The van der Waals surface area contributed by atoms with Gasteiger partial charge in [0.05, 0.1) is 0 Å². The van der Waals surface area contributed by atoms with Gasteiger partial charge in [-0.2, -0.15) is 0 Å². The second-order valence-corrected chi connectivity index (χ2v) is 6.46. The topological polar surface area (TPSA) is 29.3 Å². The Morgan fingerprint density at radius 3 is 2.75 bits per heavy atom. The van der Waals surface area contributed by atoms with E-state index < -0.39 is 0 Å². The molecule has 4 heteroatoms. The Hall–Kier alpha value is -1.03. The number of rotatable bonds is 6. The van der Waals surface area contributed by atoms with Crippen LogP contribution in [0.5, 0.6) is 0 Å². The fourth-order valence-electron chi connectivity index (χ4n) is 2.36. The summed E-state index contributed by atoms with van der Waals surface area (Å²) < 4.78 is 0. The Morgan fingerprint density at radius 1 is 1.30 bits per heavy atom. The van der Waals surface area contributed by atoms with E-state index in [-0.39, 0.29) is 0 Å². The highest BCUT2D eigenvalue weighted by atomic mass is 35.5. The lowest BCUT2D eigenvalue weighted by Gasteiger charge is -2.29. The highest BCUT2D eigenvalue weighted by Gasteiger charge is 2.16. The number of thiophene rings is 1. The zero-order valence-corrected chi connectivity index (χ0v) is 13.5. The van der Waals surface area contributed by atoms with Gasteiger partial charge in [0.25, 0.3) is 0 Å². The molecule has 2 N–H and O–H groups in total. The van der Waals surface area contributed by atoms with Gasteiger partial charge in [-0.05, 0) is 49.0 Å². The van der Waals surface area contributed by atoms with Crippen LogP contribution in [0, 0.1) is 0 Å². The van der Waals surface area contributed by atoms with Crippen molar-refractivity contribution in [2.75, 3.05) is 18.5 Å². The van der Waals surface area contributed by atoms with E-state index >= 15 is 0 Å². The summed E-state index contributed by atoms with van der Waals surface area (Å²) in [5, 5.41) is 2.93. The van der Waals surface area contributed by atoms with Gasteiger partial charge in [0.15, 0.2) is 0 Å². The minimum atomic E-state index is 0.420. The summed E-state index contributed by atoms with van der Waals surface area (Å²) in [5.41, 5.74) is 8.05. The SMILES string of the molecule is CC(Cc1cccs1)N(C)c1cccc(Cl)c1CCN. The molecule has 2 rings (SSSR count). The first-order chi connectivity index (χ1) is 9.63. The van der Waals surface area contributed by atoms with Crippen LogP contribution in [0.4, 0.5) is 5.69 Å². The predicted molar refractivity (Wildman–Crippen MR) is 90.1 cm³/mol. The highest BCUT2D eigenvalue weighted by molar-refractivity contribution is 7.09. The van der Waals surface area contributed by atoms with Gasteiger partial charge < -0.3 is 10.6 Å². The molecular weight excluding hydrogens is 288 g/mol. The molecule has 0 amide bonds. The molecule has 0 aliphatic heterocycles. The van der Waals surface area contributed by atoms with Crippen molar-refractivity contribution in [1.82, 2.24) is 0 Å². The lowest BCUT2D eigenvalue weighted by Crippen LogP contribution is -2.31. The second-order valence-electron chi connectivity index (χ2n) is 5.02. The van der Waals surface area contributed by atoms with E-state index in [1.165, 1.54) is 10.6 Å². The van der Waals surface area contributed by atoms with Crippen LogP contribution in [-0.4, -0.2) is 19.6 Å². The first-order valence-electron chi connectivity index (χ1n) is 6.86. The maximum Gasteiger partial charge on any atom is 0.0459 e. The summed E-state index contributed by atoms with van der Waals surface area (Å²) in [6, 6.07) is 10.8. The van der Waals surface area contributed by atoms with E-state index in [1.807, 2.05) is 23.5 Å². The number of anilines is 1. The maximum absolute atomic E-state index is 6.32. The molecule has 0 saturated heterocycles. The number of nitrogens with zero attached hydrogens (tertiary/aromatic N) is 1. The molecular formula is C16H21ClN2S. The van der Waals surface area contributed by atoms with Crippen molar-refractivity contribution in [2.45, 2.75) is 25.8 Å². The van der Waals surface area contributed by atoms with E-state index in [1.54, 1.807) is 0 Å². The molecule has 1 aromatic heterocycles.